The first-order valence-corrected chi connectivity index (χ1v) is 9.41. The summed E-state index contributed by atoms with van der Waals surface area (Å²) >= 11 is 1.53. The number of hydrogen-bond acceptors (Lipinski definition) is 6. The normalized spacial score (nSPS) is 21.4. The molecule has 0 spiro atoms. The molecule has 2 aliphatic rings. The van der Waals surface area contributed by atoms with Gasteiger partial charge in [0.15, 0.2) is 16.6 Å². The van der Waals surface area contributed by atoms with Gasteiger partial charge in [-0.3, -0.25) is 4.79 Å². The fraction of sp³-hybridized carbons (Fsp3) is 0.529. The zero-order chi connectivity index (χ0) is 16.7. The molecule has 0 N–H and O–H groups in total. The van der Waals surface area contributed by atoms with E-state index in [1.165, 1.54) is 24.2 Å². The number of carbonyl (C=O) groups excluding carboxylic acids is 1. The number of hydrogen-bond donors (Lipinski definition) is 0. The molecule has 2 aromatic rings. The Balaban J connectivity index is 1.84. The summed E-state index contributed by atoms with van der Waals surface area (Å²) in [5, 5.41) is 2.74. The number of likely N-dealkylation sites (N-methyl/N-ethyl adjacent to an activating group) is 1. The summed E-state index contributed by atoms with van der Waals surface area (Å²) < 4.78 is 0. The van der Waals surface area contributed by atoms with Crippen LogP contribution in [0.2, 0.25) is 0 Å². The van der Waals surface area contributed by atoms with Crippen molar-refractivity contribution in [2.24, 2.45) is 0 Å². The van der Waals surface area contributed by atoms with Gasteiger partial charge in [-0.1, -0.05) is 19.8 Å². The van der Waals surface area contributed by atoms with E-state index in [9.17, 15) is 4.79 Å². The van der Waals surface area contributed by atoms with Crippen LogP contribution in [0.4, 0.5) is 11.5 Å². The van der Waals surface area contributed by atoms with Crippen LogP contribution < -0.4 is 9.80 Å². The molecule has 24 heavy (non-hydrogen) atoms. The van der Waals surface area contributed by atoms with Crippen molar-refractivity contribution in [3.05, 3.63) is 17.8 Å². The van der Waals surface area contributed by atoms with E-state index in [0.29, 0.717) is 11.9 Å². The third-order valence-corrected chi connectivity index (χ3v) is 5.80. The summed E-state index contributed by atoms with van der Waals surface area (Å²) in [6.45, 7) is 2.08. The Kier molecular flexibility index (Phi) is 3.96. The molecule has 4 rings (SSSR count). The second-order valence-corrected chi connectivity index (χ2v) is 7.30. The van der Waals surface area contributed by atoms with Gasteiger partial charge in [-0.2, -0.15) is 0 Å². The van der Waals surface area contributed by atoms with Gasteiger partial charge >= 0.3 is 0 Å². The SMILES string of the molecule is CCC1C(=O)N(C)c2cnc(-c3nccs3)nc2N1C1CCCC1. The standard InChI is InChI=1S/C17H21N5OS/c1-3-12-17(23)21(2)13-10-19-14(16-18-8-9-24-16)20-15(13)22(12)11-6-4-5-7-11/h8-12H,3-7H2,1-2H3. The first-order chi connectivity index (χ1) is 11.7. The highest BCUT2D eigenvalue weighted by Gasteiger charge is 2.41. The van der Waals surface area contributed by atoms with Crippen LogP contribution in [0.15, 0.2) is 17.8 Å². The molecule has 7 heteroatoms. The summed E-state index contributed by atoms with van der Waals surface area (Å²) in [4.78, 5) is 30.4. The molecule has 0 radical (unpaired) electrons. The lowest BCUT2D eigenvalue weighted by atomic mass is 10.0. The van der Waals surface area contributed by atoms with Gasteiger partial charge in [-0.15, -0.1) is 11.3 Å². The molecule has 1 fully saturated rings. The molecule has 1 atom stereocenters. The summed E-state index contributed by atoms with van der Waals surface area (Å²) in [6.07, 6.45) is 9.03. The Hall–Kier alpha value is -2.02. The zero-order valence-electron chi connectivity index (χ0n) is 14.0. The van der Waals surface area contributed by atoms with Crippen LogP contribution in [0.3, 0.4) is 0 Å². The van der Waals surface area contributed by atoms with Gasteiger partial charge in [0.05, 0.1) is 6.20 Å². The predicted octanol–water partition coefficient (Wildman–Crippen LogP) is 3.10. The Morgan fingerprint density at radius 2 is 2.08 bits per heavy atom. The van der Waals surface area contributed by atoms with Crippen LogP contribution in [0.25, 0.3) is 10.8 Å². The van der Waals surface area contributed by atoms with Crippen molar-refractivity contribution in [3.63, 3.8) is 0 Å². The number of anilines is 2. The van der Waals surface area contributed by atoms with Gasteiger partial charge in [0.1, 0.15) is 11.7 Å². The quantitative estimate of drug-likeness (QED) is 0.857. The number of nitrogens with zero attached hydrogens (tertiary/aromatic N) is 5. The van der Waals surface area contributed by atoms with Crippen LogP contribution in [0, 0.1) is 0 Å². The van der Waals surface area contributed by atoms with Crippen LogP contribution in [-0.2, 0) is 4.79 Å². The van der Waals surface area contributed by atoms with Crippen molar-refractivity contribution in [3.8, 4) is 10.8 Å². The van der Waals surface area contributed by atoms with Crippen molar-refractivity contribution in [2.45, 2.75) is 51.1 Å². The largest absolute Gasteiger partial charge is 0.340 e. The lowest BCUT2D eigenvalue weighted by Crippen LogP contribution is -2.55. The molecule has 0 saturated heterocycles. The maximum absolute atomic E-state index is 12.8. The fourth-order valence-electron chi connectivity index (χ4n) is 3.82. The lowest BCUT2D eigenvalue weighted by molar-refractivity contribution is -0.120. The Morgan fingerprint density at radius 3 is 2.75 bits per heavy atom. The molecule has 6 nitrogen and oxygen atoms in total. The van der Waals surface area contributed by atoms with Crippen molar-refractivity contribution in [1.29, 1.82) is 0 Å². The molecule has 1 aliphatic heterocycles. The van der Waals surface area contributed by atoms with E-state index in [1.807, 2.05) is 12.4 Å². The minimum absolute atomic E-state index is 0.135. The third-order valence-electron chi connectivity index (χ3n) is 5.04. The van der Waals surface area contributed by atoms with Gasteiger partial charge < -0.3 is 9.80 Å². The van der Waals surface area contributed by atoms with Gasteiger partial charge in [0, 0.05) is 24.7 Å². The molecule has 3 heterocycles. The Labute approximate surface area is 145 Å². The average molecular weight is 343 g/mol. The zero-order valence-corrected chi connectivity index (χ0v) is 14.8. The number of rotatable bonds is 3. The van der Waals surface area contributed by atoms with Gasteiger partial charge in [-0.05, 0) is 19.3 Å². The highest BCUT2D eigenvalue weighted by atomic mass is 32.1. The highest BCUT2D eigenvalue weighted by Crippen LogP contribution is 2.40. The molecule has 1 saturated carbocycles. The molecule has 1 aliphatic carbocycles. The summed E-state index contributed by atoms with van der Waals surface area (Å²) in [5.74, 6) is 1.67. The van der Waals surface area contributed by atoms with Gasteiger partial charge in [0.2, 0.25) is 5.91 Å². The highest BCUT2D eigenvalue weighted by molar-refractivity contribution is 7.13. The summed E-state index contributed by atoms with van der Waals surface area (Å²) in [5.41, 5.74) is 0.803. The first kappa shape index (κ1) is 15.5. The molecule has 1 amide bonds. The van der Waals surface area contributed by atoms with E-state index in [0.717, 1.165) is 35.8 Å². The number of fused-ring (bicyclic) bond motifs is 1. The number of thiazole rings is 1. The van der Waals surface area contributed by atoms with E-state index in [1.54, 1.807) is 17.3 Å². The fourth-order valence-corrected chi connectivity index (χ4v) is 4.40. The van der Waals surface area contributed by atoms with Gasteiger partial charge in [-0.25, -0.2) is 15.0 Å². The molecular formula is C17H21N5OS. The maximum Gasteiger partial charge on any atom is 0.249 e. The second kappa shape index (κ2) is 6.12. The minimum atomic E-state index is -0.135. The van der Waals surface area contributed by atoms with E-state index in [2.05, 4.69) is 21.8 Å². The topological polar surface area (TPSA) is 62.2 Å². The third kappa shape index (κ3) is 2.38. The van der Waals surface area contributed by atoms with Crippen molar-refractivity contribution in [1.82, 2.24) is 15.0 Å². The summed E-state index contributed by atoms with van der Waals surface area (Å²) in [7, 11) is 1.82. The lowest BCUT2D eigenvalue weighted by Gasteiger charge is -2.43. The van der Waals surface area contributed by atoms with E-state index < -0.39 is 0 Å². The number of amides is 1. The summed E-state index contributed by atoms with van der Waals surface area (Å²) in [6, 6.07) is 0.259. The predicted molar refractivity (Wildman–Crippen MR) is 95.4 cm³/mol. The molecule has 1 unspecified atom stereocenters. The molecular weight excluding hydrogens is 322 g/mol. The van der Waals surface area contributed by atoms with Crippen molar-refractivity contribution < 1.29 is 4.79 Å². The second-order valence-electron chi connectivity index (χ2n) is 6.41. The Bertz CT molecular complexity index is 741. The van der Waals surface area contributed by atoms with Crippen molar-refractivity contribution >= 4 is 28.7 Å². The van der Waals surface area contributed by atoms with Crippen LogP contribution >= 0.6 is 11.3 Å². The number of aromatic nitrogens is 3. The molecule has 0 aromatic carbocycles. The number of carbonyl (C=O) groups is 1. The van der Waals surface area contributed by atoms with Crippen molar-refractivity contribution in [2.75, 3.05) is 16.8 Å². The van der Waals surface area contributed by atoms with E-state index in [4.69, 9.17) is 4.98 Å². The van der Waals surface area contributed by atoms with E-state index in [-0.39, 0.29) is 11.9 Å². The van der Waals surface area contributed by atoms with Crippen LogP contribution in [0.5, 0.6) is 0 Å². The average Bonchev–Trinajstić information content (AvgIpc) is 3.30. The maximum atomic E-state index is 12.8. The van der Waals surface area contributed by atoms with E-state index >= 15 is 0 Å². The molecule has 0 bridgehead atoms. The monoisotopic (exact) mass is 343 g/mol. The van der Waals surface area contributed by atoms with Gasteiger partial charge in [0.25, 0.3) is 0 Å². The van der Waals surface area contributed by atoms with Crippen LogP contribution in [0.1, 0.15) is 39.0 Å². The molecule has 126 valence electrons. The Morgan fingerprint density at radius 1 is 1.29 bits per heavy atom. The van der Waals surface area contributed by atoms with Crippen LogP contribution in [-0.4, -0.2) is 40.0 Å². The smallest absolute Gasteiger partial charge is 0.249 e. The first-order valence-electron chi connectivity index (χ1n) is 8.53. The minimum Gasteiger partial charge on any atom is -0.340 e. The molecule has 2 aromatic heterocycles.